The number of rotatable bonds is 6. The van der Waals surface area contributed by atoms with Crippen LogP contribution in [0.3, 0.4) is 0 Å². The van der Waals surface area contributed by atoms with Gasteiger partial charge < -0.3 is 0 Å². The van der Waals surface area contributed by atoms with E-state index in [9.17, 15) is 0 Å². The molecule has 0 atom stereocenters. The number of fused-ring (bicyclic) bond motifs is 6. The standard InChI is InChI=1S/C50H32N4/c1-3-11-33(12-4-1)41-29-45-43-27-35(47-31-51-25-21-39(47)49-15-7-9-23-53-49)17-19-37(43)38-20-18-36(48-32-52-26-22-40(48)50-16-8-10-24-54-50)28-44(38)46(45)30-42(41)34-13-5-2-6-14-34/h1-32H. The lowest BCUT2D eigenvalue weighted by Crippen LogP contribution is -1.93. The van der Waals surface area contributed by atoms with Crippen molar-refractivity contribution < 1.29 is 0 Å². The highest BCUT2D eigenvalue weighted by molar-refractivity contribution is 6.27. The molecule has 4 nitrogen and oxygen atoms in total. The maximum atomic E-state index is 4.69. The fraction of sp³-hybridized carbons (Fsp3) is 0. The van der Waals surface area contributed by atoms with Crippen molar-refractivity contribution in [3.05, 3.63) is 195 Å². The van der Waals surface area contributed by atoms with Crippen molar-refractivity contribution in [3.63, 3.8) is 0 Å². The van der Waals surface area contributed by atoms with Gasteiger partial charge >= 0.3 is 0 Å². The Morgan fingerprint density at radius 2 is 0.685 bits per heavy atom. The minimum atomic E-state index is 0.922. The zero-order valence-electron chi connectivity index (χ0n) is 29.3. The van der Waals surface area contributed by atoms with Gasteiger partial charge in [0.15, 0.2) is 0 Å². The van der Waals surface area contributed by atoms with Crippen LogP contribution in [0.2, 0.25) is 0 Å². The minimum absolute atomic E-state index is 0.922. The van der Waals surface area contributed by atoms with Crippen molar-refractivity contribution in [2.45, 2.75) is 0 Å². The molecule has 0 saturated heterocycles. The number of benzene rings is 6. The van der Waals surface area contributed by atoms with E-state index in [-0.39, 0.29) is 0 Å². The molecule has 4 heteroatoms. The Kier molecular flexibility index (Phi) is 7.77. The summed E-state index contributed by atoms with van der Waals surface area (Å²) in [6, 6.07) is 56.1. The van der Waals surface area contributed by atoms with E-state index < -0.39 is 0 Å². The monoisotopic (exact) mass is 688 g/mol. The fourth-order valence-electron chi connectivity index (χ4n) is 7.84. The molecule has 0 radical (unpaired) electrons. The molecule has 0 aliphatic heterocycles. The summed E-state index contributed by atoms with van der Waals surface area (Å²) in [6.45, 7) is 0. The fourth-order valence-corrected chi connectivity index (χ4v) is 7.84. The summed E-state index contributed by atoms with van der Waals surface area (Å²) < 4.78 is 0. The molecule has 252 valence electrons. The lowest BCUT2D eigenvalue weighted by atomic mass is 9.85. The molecule has 4 aromatic heterocycles. The first-order valence-corrected chi connectivity index (χ1v) is 18.1. The van der Waals surface area contributed by atoms with E-state index in [0.717, 1.165) is 44.8 Å². The first kappa shape index (κ1) is 31.4. The summed E-state index contributed by atoms with van der Waals surface area (Å²) in [4.78, 5) is 18.5. The molecular weight excluding hydrogens is 657 g/mol. The zero-order chi connectivity index (χ0) is 35.8. The smallest absolute Gasteiger partial charge is 0.0709 e. The summed E-state index contributed by atoms with van der Waals surface area (Å²) in [5, 5.41) is 7.14. The topological polar surface area (TPSA) is 51.6 Å². The van der Waals surface area contributed by atoms with E-state index >= 15 is 0 Å². The Morgan fingerprint density at radius 3 is 1.11 bits per heavy atom. The molecule has 0 amide bonds. The highest BCUT2D eigenvalue weighted by atomic mass is 14.7. The Balaban J connectivity index is 1.30. The molecule has 0 aliphatic rings. The van der Waals surface area contributed by atoms with E-state index in [1.807, 2.05) is 61.4 Å². The maximum Gasteiger partial charge on any atom is 0.0709 e. The van der Waals surface area contributed by atoms with Crippen molar-refractivity contribution >= 4 is 32.3 Å². The van der Waals surface area contributed by atoms with Crippen LogP contribution in [0, 0.1) is 0 Å². The van der Waals surface area contributed by atoms with Gasteiger partial charge in [0.25, 0.3) is 0 Å². The number of aromatic nitrogens is 4. The van der Waals surface area contributed by atoms with Crippen LogP contribution in [-0.4, -0.2) is 19.9 Å². The molecule has 6 aromatic carbocycles. The third kappa shape index (κ3) is 5.49. The van der Waals surface area contributed by atoms with Crippen molar-refractivity contribution in [3.8, 4) is 67.0 Å². The number of pyridine rings is 4. The third-order valence-corrected chi connectivity index (χ3v) is 10.4. The van der Waals surface area contributed by atoms with Gasteiger partial charge in [0, 0.05) is 59.4 Å². The molecule has 0 bridgehead atoms. The van der Waals surface area contributed by atoms with Crippen LogP contribution < -0.4 is 0 Å². The van der Waals surface area contributed by atoms with Crippen LogP contribution in [-0.2, 0) is 0 Å². The van der Waals surface area contributed by atoms with Crippen LogP contribution in [0.25, 0.3) is 99.3 Å². The largest absolute Gasteiger partial charge is 0.264 e. The van der Waals surface area contributed by atoms with Crippen LogP contribution in [0.5, 0.6) is 0 Å². The van der Waals surface area contributed by atoms with E-state index in [4.69, 9.17) is 9.97 Å². The summed E-state index contributed by atoms with van der Waals surface area (Å²) in [5.74, 6) is 0. The Hall–Kier alpha value is -7.30. The molecule has 10 aromatic rings. The van der Waals surface area contributed by atoms with Gasteiger partial charge in [-0.2, -0.15) is 0 Å². The third-order valence-electron chi connectivity index (χ3n) is 10.4. The summed E-state index contributed by atoms with van der Waals surface area (Å²) >= 11 is 0. The predicted octanol–water partition coefficient (Wildman–Crippen LogP) is 12.7. The number of hydrogen-bond acceptors (Lipinski definition) is 4. The number of hydrogen-bond donors (Lipinski definition) is 0. The van der Waals surface area contributed by atoms with E-state index in [0.29, 0.717) is 0 Å². The lowest BCUT2D eigenvalue weighted by molar-refractivity contribution is 1.29. The summed E-state index contributed by atoms with van der Waals surface area (Å²) in [7, 11) is 0. The van der Waals surface area contributed by atoms with Gasteiger partial charge in [-0.25, -0.2) is 0 Å². The van der Waals surface area contributed by atoms with Crippen LogP contribution in [0.15, 0.2) is 195 Å². The quantitative estimate of drug-likeness (QED) is 0.163. The Morgan fingerprint density at radius 1 is 0.259 bits per heavy atom. The summed E-state index contributed by atoms with van der Waals surface area (Å²) in [5.41, 5.74) is 13.0. The van der Waals surface area contributed by atoms with Gasteiger partial charge in [0.05, 0.1) is 11.4 Å². The molecule has 10 rings (SSSR count). The highest BCUT2D eigenvalue weighted by Gasteiger charge is 2.18. The average molecular weight is 689 g/mol. The second kappa shape index (κ2) is 13.4. The maximum absolute atomic E-state index is 4.69. The molecule has 0 N–H and O–H groups in total. The van der Waals surface area contributed by atoms with E-state index in [1.165, 1.54) is 54.6 Å². The molecule has 0 spiro atoms. The van der Waals surface area contributed by atoms with E-state index in [2.05, 4.69) is 143 Å². The molecule has 0 fully saturated rings. The minimum Gasteiger partial charge on any atom is -0.264 e. The highest BCUT2D eigenvalue weighted by Crippen LogP contribution is 2.45. The van der Waals surface area contributed by atoms with Gasteiger partial charge in [0.2, 0.25) is 0 Å². The van der Waals surface area contributed by atoms with Crippen molar-refractivity contribution in [2.75, 3.05) is 0 Å². The first-order chi connectivity index (χ1) is 26.8. The molecule has 0 aliphatic carbocycles. The molecular formula is C50H32N4. The predicted molar refractivity (Wildman–Crippen MR) is 223 cm³/mol. The molecule has 54 heavy (non-hydrogen) atoms. The van der Waals surface area contributed by atoms with Crippen LogP contribution >= 0.6 is 0 Å². The molecule has 4 heterocycles. The SMILES string of the molecule is c1ccc(-c2cc3c4cc(-c5cnccc5-c5ccccn5)ccc4c4ccc(-c5cnccc5-c5ccccn5)cc4c3cc2-c2ccccc2)cc1. The van der Waals surface area contributed by atoms with Gasteiger partial charge in [-0.1, -0.05) is 97.1 Å². The van der Waals surface area contributed by atoms with Crippen molar-refractivity contribution in [1.82, 2.24) is 19.9 Å². The molecule has 0 saturated carbocycles. The Labute approximate surface area is 313 Å². The van der Waals surface area contributed by atoms with Crippen LogP contribution in [0.4, 0.5) is 0 Å². The second-order valence-corrected chi connectivity index (χ2v) is 13.5. The van der Waals surface area contributed by atoms with Gasteiger partial charge in [-0.15, -0.1) is 0 Å². The van der Waals surface area contributed by atoms with Crippen molar-refractivity contribution in [2.24, 2.45) is 0 Å². The zero-order valence-corrected chi connectivity index (χ0v) is 29.3. The van der Waals surface area contributed by atoms with Gasteiger partial charge in [0.1, 0.15) is 0 Å². The average Bonchev–Trinajstić information content (AvgIpc) is 3.27. The Bertz CT molecular complexity index is 2760. The van der Waals surface area contributed by atoms with Crippen molar-refractivity contribution in [1.29, 1.82) is 0 Å². The summed E-state index contributed by atoms with van der Waals surface area (Å²) in [6.07, 6.45) is 11.3. The number of nitrogens with zero attached hydrogens (tertiary/aromatic N) is 4. The van der Waals surface area contributed by atoms with Gasteiger partial charge in [-0.3, -0.25) is 19.9 Å². The van der Waals surface area contributed by atoms with Gasteiger partial charge in [-0.05, 0) is 126 Å². The van der Waals surface area contributed by atoms with Crippen LogP contribution in [0.1, 0.15) is 0 Å². The first-order valence-electron chi connectivity index (χ1n) is 18.1. The van der Waals surface area contributed by atoms with E-state index in [1.54, 1.807) is 0 Å². The normalized spacial score (nSPS) is 11.3. The lowest BCUT2D eigenvalue weighted by Gasteiger charge is -2.18. The molecule has 0 unspecified atom stereocenters. The second-order valence-electron chi connectivity index (χ2n) is 13.5.